The molecule has 0 radical (unpaired) electrons. The Labute approximate surface area is 236 Å². The summed E-state index contributed by atoms with van der Waals surface area (Å²) in [6.45, 7) is 8.46. The van der Waals surface area contributed by atoms with Crippen LogP contribution in [0.2, 0.25) is 0 Å². The molecular weight excluding hydrogens is 504 g/mol. The number of hydrogen-bond acceptors (Lipinski definition) is 6. The van der Waals surface area contributed by atoms with Crippen LogP contribution in [0.3, 0.4) is 0 Å². The van der Waals surface area contributed by atoms with Crippen molar-refractivity contribution in [3.63, 3.8) is 0 Å². The molecule has 2 saturated heterocycles. The van der Waals surface area contributed by atoms with Gasteiger partial charge >= 0.3 is 0 Å². The zero-order valence-electron chi connectivity index (χ0n) is 23.3. The van der Waals surface area contributed by atoms with Crippen molar-refractivity contribution in [1.82, 2.24) is 0 Å². The third-order valence-electron chi connectivity index (χ3n) is 7.56. The Hall–Kier alpha value is -3.16. The fourth-order valence-electron chi connectivity index (χ4n) is 4.78. The van der Waals surface area contributed by atoms with Gasteiger partial charge in [0.25, 0.3) is 0 Å². The van der Waals surface area contributed by atoms with Crippen LogP contribution in [-0.4, -0.2) is 51.8 Å². The van der Waals surface area contributed by atoms with Gasteiger partial charge < -0.3 is 28.4 Å². The van der Waals surface area contributed by atoms with E-state index in [-0.39, 0.29) is 24.4 Å². The van der Waals surface area contributed by atoms with Crippen LogP contribution in [0, 0.1) is 0 Å². The first kappa shape index (κ1) is 27.0. The highest BCUT2D eigenvalue weighted by Crippen LogP contribution is 2.28. The van der Waals surface area contributed by atoms with E-state index >= 15 is 0 Å². The van der Waals surface area contributed by atoms with Gasteiger partial charge in [-0.25, -0.2) is 0 Å². The summed E-state index contributed by atoms with van der Waals surface area (Å²) in [7, 11) is 0. The second-order valence-electron chi connectivity index (χ2n) is 10.8. The minimum Gasteiger partial charge on any atom is -0.494 e. The average Bonchev–Trinajstić information content (AvgIpc) is 3.91. The van der Waals surface area contributed by atoms with Crippen molar-refractivity contribution in [3.05, 3.63) is 83.9 Å². The maximum absolute atomic E-state index is 6.03. The van der Waals surface area contributed by atoms with E-state index < -0.39 is 0 Å². The summed E-state index contributed by atoms with van der Waals surface area (Å²) in [5, 5.41) is 4.71. The zero-order chi connectivity index (χ0) is 27.3. The molecule has 4 aromatic rings. The molecule has 2 heterocycles. The predicted molar refractivity (Wildman–Crippen MR) is 156 cm³/mol. The van der Waals surface area contributed by atoms with E-state index in [0.29, 0.717) is 26.4 Å². The summed E-state index contributed by atoms with van der Waals surface area (Å²) >= 11 is 0. The van der Waals surface area contributed by atoms with Crippen molar-refractivity contribution in [2.24, 2.45) is 0 Å². The monoisotopic (exact) mass is 542 g/mol. The fraction of sp³-hybridized carbons (Fsp3) is 0.412. The van der Waals surface area contributed by atoms with Crippen LogP contribution >= 0.6 is 0 Å². The predicted octanol–water partition coefficient (Wildman–Crippen LogP) is 7.18. The van der Waals surface area contributed by atoms with E-state index in [1.165, 1.54) is 32.7 Å². The van der Waals surface area contributed by atoms with Gasteiger partial charge in [0.2, 0.25) is 0 Å². The first-order valence-corrected chi connectivity index (χ1v) is 14.4. The molecule has 6 nitrogen and oxygen atoms in total. The lowest BCUT2D eigenvalue weighted by Crippen LogP contribution is -2.06. The number of ether oxygens (including phenoxy) is 6. The number of benzene rings is 4. The summed E-state index contributed by atoms with van der Waals surface area (Å²) in [4.78, 5) is 0. The van der Waals surface area contributed by atoms with Gasteiger partial charge in [0, 0.05) is 0 Å². The zero-order valence-corrected chi connectivity index (χ0v) is 23.3. The maximum Gasteiger partial charge on any atom is 0.119 e. The van der Waals surface area contributed by atoms with Crippen molar-refractivity contribution < 1.29 is 28.4 Å². The lowest BCUT2D eigenvalue weighted by Gasteiger charge is -2.14. The van der Waals surface area contributed by atoms with E-state index in [9.17, 15) is 0 Å². The Bertz CT molecular complexity index is 1320. The Balaban J connectivity index is 0.925. The molecule has 210 valence electrons. The van der Waals surface area contributed by atoms with Crippen LogP contribution in [0.15, 0.2) is 72.8 Å². The molecule has 0 bridgehead atoms. The molecule has 0 spiro atoms. The van der Waals surface area contributed by atoms with Gasteiger partial charge in [-0.2, -0.15) is 0 Å². The van der Waals surface area contributed by atoms with Gasteiger partial charge in [-0.15, -0.1) is 0 Å². The van der Waals surface area contributed by atoms with Crippen molar-refractivity contribution in [2.75, 3.05) is 39.6 Å². The molecule has 40 heavy (non-hydrogen) atoms. The van der Waals surface area contributed by atoms with Crippen molar-refractivity contribution in [2.45, 2.75) is 51.1 Å². The smallest absolute Gasteiger partial charge is 0.119 e. The lowest BCUT2D eigenvalue weighted by molar-refractivity contribution is 0.0540. The molecule has 6 rings (SSSR count). The molecule has 0 saturated carbocycles. The largest absolute Gasteiger partial charge is 0.494 e. The van der Waals surface area contributed by atoms with Crippen LogP contribution in [0.25, 0.3) is 21.5 Å². The minimum atomic E-state index is 0.0515. The second-order valence-corrected chi connectivity index (χ2v) is 10.8. The first-order valence-electron chi connectivity index (χ1n) is 14.4. The molecule has 0 aliphatic carbocycles. The Morgan fingerprint density at radius 2 is 1.00 bits per heavy atom. The van der Waals surface area contributed by atoms with Crippen LogP contribution in [0.1, 0.15) is 50.0 Å². The molecule has 0 amide bonds. The van der Waals surface area contributed by atoms with E-state index in [0.717, 1.165) is 37.6 Å². The Kier molecular flexibility index (Phi) is 8.49. The number of fused-ring (bicyclic) bond motifs is 2. The van der Waals surface area contributed by atoms with Crippen LogP contribution in [0.4, 0.5) is 0 Å². The van der Waals surface area contributed by atoms with Gasteiger partial charge in [0.05, 0.1) is 51.8 Å². The summed E-state index contributed by atoms with van der Waals surface area (Å²) in [6.07, 6.45) is 2.52. The minimum absolute atomic E-state index is 0.0515. The highest BCUT2D eigenvalue weighted by Gasteiger charge is 2.24. The van der Waals surface area contributed by atoms with E-state index in [1.807, 2.05) is 12.1 Å². The third-order valence-corrected chi connectivity index (χ3v) is 7.56. The standard InChI is InChI=1S/C34H38O6/c1-23(37-19-33-21-39-33)25-5-7-29-17-31(11-9-27(29)15-25)35-13-3-4-14-36-32-12-10-28-16-26(6-8-30(28)18-32)24(2)38-20-34-22-40-34/h5-12,15-18,23-24,33-34H,3-4,13-14,19-22H2,1-2H3. The molecule has 6 heteroatoms. The van der Waals surface area contributed by atoms with Crippen molar-refractivity contribution in [3.8, 4) is 11.5 Å². The third kappa shape index (κ3) is 7.32. The topological polar surface area (TPSA) is 62.0 Å². The summed E-state index contributed by atoms with van der Waals surface area (Å²) in [5.74, 6) is 1.79. The van der Waals surface area contributed by atoms with Crippen molar-refractivity contribution in [1.29, 1.82) is 0 Å². The fourth-order valence-corrected chi connectivity index (χ4v) is 4.78. The maximum atomic E-state index is 6.03. The SMILES string of the molecule is CC(OCC1CO1)c1ccc2cc(OCCCCOc3ccc4cc(C(C)OCC5CO5)ccc4c3)ccc2c1. The van der Waals surface area contributed by atoms with Gasteiger partial charge in [-0.05, 0) is 95.8 Å². The van der Waals surface area contributed by atoms with Gasteiger partial charge in [0.1, 0.15) is 23.7 Å². The Morgan fingerprint density at radius 1 is 0.600 bits per heavy atom. The number of rotatable bonds is 15. The first-order chi connectivity index (χ1) is 19.6. The van der Waals surface area contributed by atoms with Gasteiger partial charge in [-0.3, -0.25) is 0 Å². The molecule has 2 fully saturated rings. The molecule has 2 aliphatic heterocycles. The second kappa shape index (κ2) is 12.6. The molecule has 4 unspecified atom stereocenters. The average molecular weight is 543 g/mol. The molecule has 4 atom stereocenters. The summed E-state index contributed by atoms with van der Waals surface area (Å²) in [6, 6.07) is 25.5. The van der Waals surface area contributed by atoms with Gasteiger partial charge in [-0.1, -0.05) is 36.4 Å². The van der Waals surface area contributed by atoms with Crippen LogP contribution < -0.4 is 9.47 Å². The molecule has 2 aliphatic rings. The van der Waals surface area contributed by atoms with Crippen LogP contribution in [-0.2, 0) is 18.9 Å². The van der Waals surface area contributed by atoms with Crippen molar-refractivity contribution >= 4 is 21.5 Å². The highest BCUT2D eigenvalue weighted by atomic mass is 16.6. The molecular formula is C34H38O6. The number of epoxide rings is 2. The highest BCUT2D eigenvalue weighted by molar-refractivity contribution is 5.85. The number of hydrogen-bond donors (Lipinski definition) is 0. The molecule has 0 N–H and O–H groups in total. The molecule has 0 aromatic heterocycles. The quantitative estimate of drug-likeness (QED) is 0.117. The van der Waals surface area contributed by atoms with E-state index in [4.69, 9.17) is 28.4 Å². The number of unbranched alkanes of at least 4 members (excludes halogenated alkanes) is 1. The van der Waals surface area contributed by atoms with Gasteiger partial charge in [0.15, 0.2) is 0 Å². The normalized spacial score (nSPS) is 19.4. The lowest BCUT2D eigenvalue weighted by atomic mass is 10.0. The summed E-state index contributed by atoms with van der Waals surface area (Å²) in [5.41, 5.74) is 2.36. The summed E-state index contributed by atoms with van der Waals surface area (Å²) < 4.78 is 34.4. The Morgan fingerprint density at radius 3 is 1.43 bits per heavy atom. The van der Waals surface area contributed by atoms with E-state index in [1.54, 1.807) is 0 Å². The van der Waals surface area contributed by atoms with Crippen LogP contribution in [0.5, 0.6) is 11.5 Å². The molecule has 4 aromatic carbocycles. The van der Waals surface area contributed by atoms with E-state index in [2.05, 4.69) is 74.5 Å².